The van der Waals surface area contributed by atoms with Gasteiger partial charge in [0, 0.05) is 5.92 Å². The van der Waals surface area contributed by atoms with E-state index < -0.39 is 8.60 Å². The van der Waals surface area contributed by atoms with Gasteiger partial charge in [0.2, 0.25) is 0 Å². The van der Waals surface area contributed by atoms with Crippen LogP contribution in [0, 0.1) is 5.92 Å². The van der Waals surface area contributed by atoms with Gasteiger partial charge in [-0.15, -0.1) is 0 Å². The molecule has 0 radical (unpaired) electrons. The Labute approximate surface area is 94.5 Å². The predicted molar refractivity (Wildman–Crippen MR) is 62.7 cm³/mol. The number of hydrogen-bond donors (Lipinski definition) is 0. The maximum Gasteiger partial charge on any atom is 0.332 e. The van der Waals surface area contributed by atoms with Crippen molar-refractivity contribution in [3.8, 4) is 0 Å². The van der Waals surface area contributed by atoms with Gasteiger partial charge >= 0.3 is 8.60 Å². The van der Waals surface area contributed by atoms with Gasteiger partial charge in [0.15, 0.2) is 0 Å². The van der Waals surface area contributed by atoms with E-state index in [4.69, 9.17) is 13.6 Å². The van der Waals surface area contributed by atoms with E-state index in [-0.39, 0.29) is 0 Å². The van der Waals surface area contributed by atoms with E-state index in [9.17, 15) is 0 Å². The first-order chi connectivity index (χ1) is 7.36. The average molecular weight is 234 g/mol. The Balaban J connectivity index is 1.94. The Morgan fingerprint density at radius 2 is 1.87 bits per heavy atom. The third kappa shape index (κ3) is 5.82. The van der Waals surface area contributed by atoms with Crippen LogP contribution in [0.2, 0.25) is 0 Å². The summed E-state index contributed by atoms with van der Waals surface area (Å²) in [5.41, 5.74) is 0. The summed E-state index contributed by atoms with van der Waals surface area (Å²) in [5, 5.41) is 0. The summed E-state index contributed by atoms with van der Waals surface area (Å²) in [6.45, 7) is 6.76. The van der Waals surface area contributed by atoms with Crippen LogP contribution in [-0.2, 0) is 13.6 Å². The van der Waals surface area contributed by atoms with Crippen molar-refractivity contribution in [2.75, 3.05) is 19.8 Å². The first kappa shape index (κ1) is 13.4. The van der Waals surface area contributed by atoms with E-state index in [0.717, 1.165) is 32.7 Å². The molecule has 0 aromatic rings. The van der Waals surface area contributed by atoms with Gasteiger partial charge in [-0.25, -0.2) is 0 Å². The summed E-state index contributed by atoms with van der Waals surface area (Å²) in [5.74, 6) is 0.562. The molecule has 15 heavy (non-hydrogen) atoms. The van der Waals surface area contributed by atoms with Crippen molar-refractivity contribution in [2.45, 2.75) is 46.0 Å². The lowest BCUT2D eigenvalue weighted by Gasteiger charge is -2.26. The Kier molecular flexibility index (Phi) is 7.54. The van der Waals surface area contributed by atoms with Crippen molar-refractivity contribution < 1.29 is 13.6 Å². The monoisotopic (exact) mass is 234 g/mol. The van der Waals surface area contributed by atoms with E-state index in [2.05, 4.69) is 13.8 Å². The van der Waals surface area contributed by atoms with Crippen LogP contribution in [-0.4, -0.2) is 19.8 Å². The molecule has 0 spiro atoms. The van der Waals surface area contributed by atoms with Gasteiger partial charge < -0.3 is 13.6 Å². The predicted octanol–water partition coefficient (Wildman–Crippen LogP) is 3.88. The van der Waals surface area contributed by atoms with E-state index in [0.29, 0.717) is 5.92 Å². The fourth-order valence-electron chi connectivity index (χ4n) is 1.40. The summed E-state index contributed by atoms with van der Waals surface area (Å²) in [7, 11) is -1.02. The van der Waals surface area contributed by atoms with Crippen molar-refractivity contribution in [3.05, 3.63) is 0 Å². The highest BCUT2D eigenvalue weighted by Gasteiger charge is 2.22. The molecule has 90 valence electrons. The smallest absolute Gasteiger partial charge is 0.312 e. The molecular formula is C11H23O3P. The maximum atomic E-state index is 5.54. The zero-order valence-electron chi connectivity index (χ0n) is 9.91. The molecule has 1 heterocycles. The second-order valence-corrected chi connectivity index (χ2v) is 5.21. The van der Waals surface area contributed by atoms with Crippen molar-refractivity contribution in [1.82, 2.24) is 0 Å². The van der Waals surface area contributed by atoms with Crippen LogP contribution in [0.1, 0.15) is 46.0 Å². The fraction of sp³-hybridized carbons (Fsp3) is 1.00. The molecule has 0 atom stereocenters. The van der Waals surface area contributed by atoms with Gasteiger partial charge in [0.1, 0.15) is 0 Å². The van der Waals surface area contributed by atoms with Crippen LogP contribution in [0.3, 0.4) is 0 Å². The third-order valence-electron chi connectivity index (χ3n) is 2.60. The Morgan fingerprint density at radius 3 is 2.47 bits per heavy atom. The number of rotatable bonds is 7. The van der Waals surface area contributed by atoms with Crippen LogP contribution in [0.25, 0.3) is 0 Å². The van der Waals surface area contributed by atoms with Crippen LogP contribution in [0.5, 0.6) is 0 Å². The Morgan fingerprint density at radius 1 is 1.13 bits per heavy atom. The Bertz CT molecular complexity index is 147. The molecule has 1 fully saturated rings. The molecular weight excluding hydrogens is 211 g/mol. The molecule has 4 heteroatoms. The quantitative estimate of drug-likeness (QED) is 0.494. The molecule has 1 saturated heterocycles. The third-order valence-corrected chi connectivity index (χ3v) is 3.72. The normalized spacial score (nSPS) is 26.8. The highest BCUT2D eigenvalue weighted by Crippen LogP contribution is 2.44. The van der Waals surface area contributed by atoms with Gasteiger partial charge in [0.05, 0.1) is 19.8 Å². The first-order valence-electron chi connectivity index (χ1n) is 6.05. The van der Waals surface area contributed by atoms with Crippen LogP contribution in [0.4, 0.5) is 0 Å². The number of hydrogen-bond acceptors (Lipinski definition) is 3. The lowest BCUT2D eigenvalue weighted by Crippen LogP contribution is -2.19. The van der Waals surface area contributed by atoms with Crippen molar-refractivity contribution in [1.29, 1.82) is 0 Å². The molecule has 0 N–H and O–H groups in total. The van der Waals surface area contributed by atoms with Gasteiger partial charge in [-0.2, -0.15) is 0 Å². The second-order valence-electron chi connectivity index (χ2n) is 3.98. The largest absolute Gasteiger partial charge is 0.332 e. The SMILES string of the molecule is CCCCCCOP1OCC(CC)CO1. The molecule has 0 aromatic carbocycles. The second kappa shape index (κ2) is 8.46. The lowest BCUT2D eigenvalue weighted by atomic mass is 10.1. The molecule has 1 rings (SSSR count). The molecule has 1 aliphatic rings. The molecule has 0 amide bonds. The van der Waals surface area contributed by atoms with Crippen molar-refractivity contribution in [2.24, 2.45) is 5.92 Å². The van der Waals surface area contributed by atoms with Crippen LogP contribution < -0.4 is 0 Å². The van der Waals surface area contributed by atoms with Crippen LogP contribution in [0.15, 0.2) is 0 Å². The van der Waals surface area contributed by atoms with Gasteiger partial charge in [-0.3, -0.25) is 0 Å². The van der Waals surface area contributed by atoms with Crippen molar-refractivity contribution >= 4 is 8.60 Å². The summed E-state index contributed by atoms with van der Waals surface area (Å²) in [4.78, 5) is 0. The minimum Gasteiger partial charge on any atom is -0.312 e. The Hall–Kier alpha value is 0.310. The highest BCUT2D eigenvalue weighted by atomic mass is 31.2. The van der Waals surface area contributed by atoms with E-state index >= 15 is 0 Å². The van der Waals surface area contributed by atoms with Crippen molar-refractivity contribution in [3.63, 3.8) is 0 Å². The van der Waals surface area contributed by atoms with E-state index in [1.807, 2.05) is 0 Å². The molecule has 3 nitrogen and oxygen atoms in total. The van der Waals surface area contributed by atoms with Gasteiger partial charge in [-0.05, 0) is 12.8 Å². The molecule has 0 saturated carbocycles. The molecule has 0 aromatic heterocycles. The average Bonchev–Trinajstić information content (AvgIpc) is 2.30. The lowest BCUT2D eigenvalue weighted by molar-refractivity contribution is 0.0702. The zero-order chi connectivity index (χ0) is 10.9. The zero-order valence-corrected chi connectivity index (χ0v) is 10.8. The summed E-state index contributed by atoms with van der Waals surface area (Å²) in [6, 6.07) is 0. The maximum absolute atomic E-state index is 5.54. The molecule has 1 aliphatic heterocycles. The van der Waals surface area contributed by atoms with E-state index in [1.54, 1.807) is 0 Å². The molecule has 0 aliphatic carbocycles. The molecule has 0 bridgehead atoms. The van der Waals surface area contributed by atoms with Gasteiger partial charge in [-0.1, -0.05) is 33.1 Å². The standard InChI is InChI=1S/C11H23O3P/c1-3-5-6-7-8-12-15-13-9-11(4-2)10-14-15/h11H,3-10H2,1-2H3. The summed E-state index contributed by atoms with van der Waals surface area (Å²) >= 11 is 0. The van der Waals surface area contributed by atoms with E-state index in [1.165, 1.54) is 19.3 Å². The minimum atomic E-state index is -1.02. The minimum absolute atomic E-state index is 0.562. The first-order valence-corrected chi connectivity index (χ1v) is 7.15. The molecule has 0 unspecified atom stereocenters. The summed E-state index contributed by atoms with van der Waals surface area (Å²) in [6.07, 6.45) is 6.05. The number of unbranched alkanes of at least 4 members (excludes halogenated alkanes) is 3. The fourth-order valence-corrected chi connectivity index (χ4v) is 2.56. The van der Waals surface area contributed by atoms with Crippen LogP contribution >= 0.6 is 8.60 Å². The highest BCUT2D eigenvalue weighted by molar-refractivity contribution is 7.41. The topological polar surface area (TPSA) is 27.7 Å². The van der Waals surface area contributed by atoms with Gasteiger partial charge in [0.25, 0.3) is 0 Å². The summed E-state index contributed by atoms with van der Waals surface area (Å²) < 4.78 is 16.6.